The molecule has 0 spiro atoms. The zero-order valence-electron chi connectivity index (χ0n) is 14.9. The standard InChI is InChI=1S/C21H35N/c1-3-5-7-13-20(16-11-19(10-4-2)12-17-20)21(18-22)14-8-6-9-15-21/h7,13,19H,3-6,8-12,14-17H2,1-2H3/b13-7-. The number of rotatable bonds is 6. The summed E-state index contributed by atoms with van der Waals surface area (Å²) in [6, 6.07) is 2.85. The molecule has 2 saturated carbocycles. The monoisotopic (exact) mass is 301 g/mol. The molecular formula is C21H35N. The van der Waals surface area contributed by atoms with Crippen molar-refractivity contribution in [3.05, 3.63) is 12.2 Å². The van der Waals surface area contributed by atoms with Gasteiger partial charge in [0, 0.05) is 5.41 Å². The van der Waals surface area contributed by atoms with Gasteiger partial charge < -0.3 is 0 Å². The van der Waals surface area contributed by atoms with E-state index in [1.165, 1.54) is 70.6 Å². The van der Waals surface area contributed by atoms with Gasteiger partial charge in [-0.1, -0.05) is 64.5 Å². The highest BCUT2D eigenvalue weighted by atomic mass is 14.5. The lowest BCUT2D eigenvalue weighted by Crippen LogP contribution is -2.44. The van der Waals surface area contributed by atoms with Crippen molar-refractivity contribution in [1.82, 2.24) is 0 Å². The molecule has 1 heteroatoms. The second-order valence-electron chi connectivity index (χ2n) is 7.83. The van der Waals surface area contributed by atoms with Crippen molar-refractivity contribution in [1.29, 1.82) is 5.26 Å². The highest BCUT2D eigenvalue weighted by Gasteiger charge is 2.51. The van der Waals surface area contributed by atoms with Crippen LogP contribution in [0.1, 0.15) is 97.3 Å². The van der Waals surface area contributed by atoms with Gasteiger partial charge in [-0.3, -0.25) is 0 Å². The van der Waals surface area contributed by atoms with Gasteiger partial charge in [0.05, 0.1) is 11.5 Å². The topological polar surface area (TPSA) is 23.8 Å². The molecular weight excluding hydrogens is 266 g/mol. The van der Waals surface area contributed by atoms with Gasteiger partial charge in [0.25, 0.3) is 0 Å². The molecule has 1 nitrogen and oxygen atoms in total. The Morgan fingerprint density at radius 1 is 1.00 bits per heavy atom. The van der Waals surface area contributed by atoms with Gasteiger partial charge in [-0.15, -0.1) is 0 Å². The van der Waals surface area contributed by atoms with Gasteiger partial charge >= 0.3 is 0 Å². The Labute approximate surface area is 138 Å². The molecule has 2 fully saturated rings. The lowest BCUT2D eigenvalue weighted by atomic mass is 9.51. The third-order valence-electron chi connectivity index (χ3n) is 6.46. The Bertz CT molecular complexity index is 387. The number of hydrogen-bond donors (Lipinski definition) is 0. The predicted molar refractivity (Wildman–Crippen MR) is 94.5 cm³/mol. The third kappa shape index (κ3) is 3.58. The van der Waals surface area contributed by atoms with Crippen molar-refractivity contribution in [3.8, 4) is 6.07 Å². The van der Waals surface area contributed by atoms with E-state index in [0.717, 1.165) is 18.8 Å². The van der Waals surface area contributed by atoms with Crippen molar-refractivity contribution < 1.29 is 0 Å². The molecule has 2 aliphatic carbocycles. The minimum absolute atomic E-state index is 0.0628. The lowest BCUT2D eigenvalue weighted by molar-refractivity contribution is 0.0386. The fourth-order valence-corrected chi connectivity index (χ4v) is 5.05. The Hall–Kier alpha value is -0.770. The molecule has 2 aliphatic rings. The zero-order chi connectivity index (χ0) is 15.9. The molecule has 0 bridgehead atoms. The van der Waals surface area contributed by atoms with Crippen LogP contribution in [-0.4, -0.2) is 0 Å². The Morgan fingerprint density at radius 3 is 2.23 bits per heavy atom. The summed E-state index contributed by atoms with van der Waals surface area (Å²) in [6.07, 6.45) is 21.3. The van der Waals surface area contributed by atoms with Gasteiger partial charge in [-0.25, -0.2) is 0 Å². The van der Waals surface area contributed by atoms with Crippen molar-refractivity contribution in [2.45, 2.75) is 97.3 Å². The number of hydrogen-bond acceptors (Lipinski definition) is 1. The second-order valence-corrected chi connectivity index (χ2v) is 7.83. The first kappa shape index (κ1) is 17.6. The predicted octanol–water partition coefficient (Wildman–Crippen LogP) is 6.79. The van der Waals surface area contributed by atoms with Crippen LogP contribution in [-0.2, 0) is 0 Å². The number of allylic oxidation sites excluding steroid dienone is 2. The summed E-state index contributed by atoms with van der Waals surface area (Å²) >= 11 is 0. The Morgan fingerprint density at radius 2 is 1.68 bits per heavy atom. The van der Waals surface area contributed by atoms with Crippen LogP contribution in [0.5, 0.6) is 0 Å². The molecule has 0 aromatic rings. The van der Waals surface area contributed by atoms with Crippen LogP contribution >= 0.6 is 0 Å². The summed E-state index contributed by atoms with van der Waals surface area (Å²) < 4.78 is 0. The molecule has 124 valence electrons. The van der Waals surface area contributed by atoms with Crippen molar-refractivity contribution in [3.63, 3.8) is 0 Å². The summed E-state index contributed by atoms with van der Waals surface area (Å²) in [5.74, 6) is 0.914. The van der Waals surface area contributed by atoms with Gasteiger partial charge in [0.15, 0.2) is 0 Å². The lowest BCUT2D eigenvalue weighted by Gasteiger charge is -2.50. The summed E-state index contributed by atoms with van der Waals surface area (Å²) in [5, 5.41) is 10.1. The normalized spacial score (nSPS) is 32.0. The van der Waals surface area contributed by atoms with E-state index in [0.29, 0.717) is 0 Å². The number of nitrogens with zero attached hydrogens (tertiary/aromatic N) is 1. The molecule has 2 rings (SSSR count). The van der Waals surface area contributed by atoms with Gasteiger partial charge in [0.1, 0.15) is 0 Å². The molecule has 0 heterocycles. The van der Waals surface area contributed by atoms with Crippen LogP contribution in [0.15, 0.2) is 12.2 Å². The van der Waals surface area contributed by atoms with E-state index >= 15 is 0 Å². The number of unbranched alkanes of at least 4 members (excludes halogenated alkanes) is 1. The van der Waals surface area contributed by atoms with Crippen LogP contribution in [0.4, 0.5) is 0 Å². The maximum Gasteiger partial charge on any atom is 0.0698 e. The second kappa shape index (κ2) is 8.19. The highest BCUT2D eigenvalue weighted by molar-refractivity contribution is 5.19. The summed E-state index contributed by atoms with van der Waals surface area (Å²) in [5.41, 5.74) is 0.119. The van der Waals surface area contributed by atoms with Crippen molar-refractivity contribution in [2.24, 2.45) is 16.7 Å². The van der Waals surface area contributed by atoms with Crippen LogP contribution in [0.25, 0.3) is 0 Å². The number of nitriles is 1. The summed E-state index contributed by atoms with van der Waals surface area (Å²) in [6.45, 7) is 4.55. The highest BCUT2D eigenvalue weighted by Crippen LogP contribution is 2.58. The smallest absolute Gasteiger partial charge is 0.0698 e. The van der Waals surface area contributed by atoms with Gasteiger partial charge in [-0.05, 0) is 50.9 Å². The molecule has 0 saturated heterocycles. The first-order valence-electron chi connectivity index (χ1n) is 9.81. The quantitative estimate of drug-likeness (QED) is 0.495. The molecule has 0 N–H and O–H groups in total. The Balaban J connectivity index is 2.21. The van der Waals surface area contributed by atoms with E-state index < -0.39 is 0 Å². The maximum absolute atomic E-state index is 10.1. The van der Waals surface area contributed by atoms with E-state index in [1.807, 2.05) is 0 Å². The van der Waals surface area contributed by atoms with Crippen LogP contribution in [0.3, 0.4) is 0 Å². The largest absolute Gasteiger partial charge is 0.198 e. The molecule has 0 radical (unpaired) electrons. The fourth-order valence-electron chi connectivity index (χ4n) is 5.05. The summed E-state index contributed by atoms with van der Waals surface area (Å²) in [7, 11) is 0. The average molecular weight is 302 g/mol. The van der Waals surface area contributed by atoms with Crippen molar-refractivity contribution >= 4 is 0 Å². The van der Waals surface area contributed by atoms with E-state index in [1.54, 1.807) is 0 Å². The van der Waals surface area contributed by atoms with Crippen LogP contribution < -0.4 is 0 Å². The minimum atomic E-state index is -0.0628. The third-order valence-corrected chi connectivity index (χ3v) is 6.46. The average Bonchev–Trinajstić information content (AvgIpc) is 2.57. The zero-order valence-corrected chi connectivity index (χ0v) is 14.9. The van der Waals surface area contributed by atoms with Crippen molar-refractivity contribution in [2.75, 3.05) is 0 Å². The first-order valence-corrected chi connectivity index (χ1v) is 9.81. The Kier molecular flexibility index (Phi) is 6.54. The molecule has 0 aromatic heterocycles. The van der Waals surface area contributed by atoms with E-state index in [9.17, 15) is 5.26 Å². The van der Waals surface area contributed by atoms with Gasteiger partial charge in [-0.2, -0.15) is 5.26 Å². The van der Waals surface area contributed by atoms with Crippen LogP contribution in [0.2, 0.25) is 0 Å². The van der Waals surface area contributed by atoms with Crippen LogP contribution in [0, 0.1) is 28.1 Å². The van der Waals surface area contributed by atoms with E-state index in [-0.39, 0.29) is 10.8 Å². The SMILES string of the molecule is CCC/C=C\C1(C2(C#N)CCCCC2)CCC(CCC)CC1. The molecule has 0 amide bonds. The molecule has 0 unspecified atom stereocenters. The summed E-state index contributed by atoms with van der Waals surface area (Å²) in [4.78, 5) is 0. The molecule has 0 aliphatic heterocycles. The fraction of sp³-hybridized carbons (Fsp3) is 0.857. The maximum atomic E-state index is 10.1. The molecule has 0 atom stereocenters. The van der Waals surface area contributed by atoms with Gasteiger partial charge in [0.2, 0.25) is 0 Å². The molecule has 0 aromatic carbocycles. The van der Waals surface area contributed by atoms with E-state index in [4.69, 9.17) is 0 Å². The molecule has 22 heavy (non-hydrogen) atoms. The van der Waals surface area contributed by atoms with E-state index in [2.05, 4.69) is 32.1 Å². The minimum Gasteiger partial charge on any atom is -0.198 e. The first-order chi connectivity index (χ1) is 10.7.